The Morgan fingerprint density at radius 1 is 1.33 bits per heavy atom. The number of hydrogen-bond acceptors (Lipinski definition) is 4. The average Bonchev–Trinajstić information content (AvgIpc) is 3.17. The molecule has 108 valence electrons. The molecule has 3 nitrogen and oxygen atoms in total. The molecular weight excluding hydrogens is 324 g/mol. The van der Waals surface area contributed by atoms with Crippen LogP contribution in [0.2, 0.25) is 5.02 Å². The highest BCUT2D eigenvalue weighted by Crippen LogP contribution is 2.26. The van der Waals surface area contributed by atoms with Gasteiger partial charge in [-0.3, -0.25) is 9.79 Å². The molecule has 0 radical (unpaired) electrons. The molecule has 1 amide bonds. The summed E-state index contributed by atoms with van der Waals surface area (Å²) in [6, 6.07) is 11.2. The Morgan fingerprint density at radius 3 is 2.86 bits per heavy atom. The molecule has 0 bridgehead atoms. The van der Waals surface area contributed by atoms with Gasteiger partial charge in [0.1, 0.15) is 11.1 Å². The quantitative estimate of drug-likeness (QED) is 0.927. The summed E-state index contributed by atoms with van der Waals surface area (Å²) in [5.41, 5.74) is 1.03. The number of hydrogen-bond donors (Lipinski definition) is 1. The molecule has 0 spiro atoms. The zero-order valence-electron chi connectivity index (χ0n) is 11.1. The molecule has 2 aromatic rings. The molecule has 1 aliphatic heterocycles. The van der Waals surface area contributed by atoms with Crippen molar-refractivity contribution in [1.29, 1.82) is 0 Å². The second-order valence-corrected chi connectivity index (χ2v) is 6.98. The lowest BCUT2D eigenvalue weighted by Gasteiger charge is -2.08. The zero-order chi connectivity index (χ0) is 14.7. The number of amides is 1. The first-order valence-electron chi connectivity index (χ1n) is 6.49. The minimum Gasteiger partial charge on any atom is -0.350 e. The number of nitrogens with one attached hydrogen (secondary N) is 1. The fraction of sp³-hybridized carbons (Fsp3) is 0.200. The zero-order valence-corrected chi connectivity index (χ0v) is 13.5. The molecular formula is C15H13ClN2OS2. The highest BCUT2D eigenvalue weighted by molar-refractivity contribution is 8.15. The Bertz CT molecular complexity index is 653. The summed E-state index contributed by atoms with van der Waals surface area (Å²) in [7, 11) is 0. The Labute approximate surface area is 136 Å². The predicted octanol–water partition coefficient (Wildman–Crippen LogP) is 3.58. The van der Waals surface area contributed by atoms with Gasteiger partial charge in [-0.1, -0.05) is 29.8 Å². The molecule has 3 rings (SSSR count). The van der Waals surface area contributed by atoms with E-state index >= 15 is 0 Å². The molecule has 0 aliphatic carbocycles. The van der Waals surface area contributed by atoms with E-state index in [-0.39, 0.29) is 11.9 Å². The fourth-order valence-corrected chi connectivity index (χ4v) is 3.97. The highest BCUT2D eigenvalue weighted by atomic mass is 35.5. The summed E-state index contributed by atoms with van der Waals surface area (Å²) in [5.74, 6) is 0.684. The van der Waals surface area contributed by atoms with Gasteiger partial charge in [0, 0.05) is 17.3 Å². The van der Waals surface area contributed by atoms with Gasteiger partial charge < -0.3 is 5.32 Å². The molecule has 1 unspecified atom stereocenters. The van der Waals surface area contributed by atoms with Crippen LogP contribution in [0.3, 0.4) is 0 Å². The predicted molar refractivity (Wildman–Crippen MR) is 90.4 cm³/mol. The number of thiophene rings is 1. The summed E-state index contributed by atoms with van der Waals surface area (Å²) in [5, 5.41) is 6.61. The summed E-state index contributed by atoms with van der Waals surface area (Å²) in [6.07, 6.45) is 0. The van der Waals surface area contributed by atoms with Crippen molar-refractivity contribution in [2.45, 2.75) is 12.6 Å². The maximum atomic E-state index is 12.1. The first-order valence-corrected chi connectivity index (χ1v) is 8.73. The van der Waals surface area contributed by atoms with Gasteiger partial charge >= 0.3 is 0 Å². The van der Waals surface area contributed by atoms with Gasteiger partial charge in [-0.2, -0.15) is 0 Å². The topological polar surface area (TPSA) is 41.5 Å². The monoisotopic (exact) mass is 336 g/mol. The van der Waals surface area contributed by atoms with E-state index in [9.17, 15) is 4.79 Å². The number of carbonyl (C=O) groups is 1. The van der Waals surface area contributed by atoms with E-state index in [1.54, 1.807) is 23.1 Å². The normalized spacial score (nSPS) is 17.6. The molecule has 2 heterocycles. The van der Waals surface area contributed by atoms with E-state index in [1.165, 1.54) is 0 Å². The van der Waals surface area contributed by atoms with Gasteiger partial charge in [-0.05, 0) is 29.1 Å². The van der Waals surface area contributed by atoms with Crippen LogP contribution in [0.15, 0.2) is 46.8 Å². The molecule has 0 fully saturated rings. The summed E-state index contributed by atoms with van der Waals surface area (Å²) < 4.78 is 0. The lowest BCUT2D eigenvalue weighted by atomic mass is 10.2. The third kappa shape index (κ3) is 3.67. The van der Waals surface area contributed by atoms with Gasteiger partial charge in [0.15, 0.2) is 0 Å². The van der Waals surface area contributed by atoms with Gasteiger partial charge in [0.2, 0.25) is 5.91 Å². The minimum absolute atomic E-state index is 0.0241. The number of nitrogens with zero attached hydrogens (tertiary/aromatic N) is 1. The van der Waals surface area contributed by atoms with Crippen LogP contribution >= 0.6 is 34.7 Å². The molecule has 1 N–H and O–H groups in total. The Kier molecular flexibility index (Phi) is 4.63. The van der Waals surface area contributed by atoms with E-state index in [2.05, 4.69) is 10.3 Å². The van der Waals surface area contributed by atoms with E-state index in [4.69, 9.17) is 11.6 Å². The number of aliphatic imine (C=N–C) groups is 1. The summed E-state index contributed by atoms with van der Waals surface area (Å²) in [6.45, 7) is 0.501. The van der Waals surface area contributed by atoms with Gasteiger partial charge in [0.25, 0.3) is 0 Å². The van der Waals surface area contributed by atoms with E-state index in [1.807, 2.05) is 41.8 Å². The molecule has 1 aromatic carbocycles. The standard InChI is InChI=1S/C15H13ClN2OS2/c16-11-5-3-10(4-6-11)8-17-14(19)12-9-21-15(18-12)13-2-1-7-20-13/h1-7,12H,8-9H2,(H,17,19). The SMILES string of the molecule is O=C(NCc1ccc(Cl)cc1)C1CSC(c2cccs2)=N1. The summed E-state index contributed by atoms with van der Waals surface area (Å²) >= 11 is 9.13. The van der Waals surface area contributed by atoms with Crippen molar-refractivity contribution in [2.24, 2.45) is 4.99 Å². The Morgan fingerprint density at radius 2 is 2.14 bits per heavy atom. The Balaban J connectivity index is 1.58. The average molecular weight is 337 g/mol. The van der Waals surface area contributed by atoms with Crippen LogP contribution in [0, 0.1) is 0 Å². The number of halogens is 1. The first kappa shape index (κ1) is 14.6. The minimum atomic E-state index is -0.292. The fourth-order valence-electron chi connectivity index (χ4n) is 1.95. The van der Waals surface area contributed by atoms with Gasteiger partial charge in [-0.15, -0.1) is 23.1 Å². The molecule has 21 heavy (non-hydrogen) atoms. The number of carbonyl (C=O) groups excluding carboxylic acids is 1. The second-order valence-electron chi connectivity index (χ2n) is 4.58. The number of benzene rings is 1. The van der Waals surface area contributed by atoms with Crippen LogP contribution in [0.25, 0.3) is 0 Å². The van der Waals surface area contributed by atoms with E-state index in [0.717, 1.165) is 15.5 Å². The highest BCUT2D eigenvalue weighted by Gasteiger charge is 2.25. The van der Waals surface area contributed by atoms with Crippen LogP contribution in [0.1, 0.15) is 10.4 Å². The number of thioether (sulfide) groups is 1. The first-order chi connectivity index (χ1) is 10.2. The van der Waals surface area contributed by atoms with Gasteiger partial charge in [-0.25, -0.2) is 0 Å². The molecule has 0 saturated heterocycles. The van der Waals surface area contributed by atoms with Crippen molar-refractivity contribution >= 4 is 45.7 Å². The third-order valence-electron chi connectivity index (χ3n) is 3.07. The van der Waals surface area contributed by atoms with Gasteiger partial charge in [0.05, 0.1) is 4.88 Å². The molecule has 6 heteroatoms. The van der Waals surface area contributed by atoms with Crippen molar-refractivity contribution in [3.8, 4) is 0 Å². The van der Waals surface area contributed by atoms with Crippen LogP contribution in [0.4, 0.5) is 0 Å². The summed E-state index contributed by atoms with van der Waals surface area (Å²) in [4.78, 5) is 17.8. The van der Waals surface area contributed by atoms with Crippen LogP contribution in [0.5, 0.6) is 0 Å². The molecule has 0 saturated carbocycles. The van der Waals surface area contributed by atoms with Crippen molar-refractivity contribution in [3.63, 3.8) is 0 Å². The third-order valence-corrected chi connectivity index (χ3v) is 5.40. The molecule has 1 atom stereocenters. The second kappa shape index (κ2) is 6.64. The van der Waals surface area contributed by atoms with Crippen LogP contribution in [-0.2, 0) is 11.3 Å². The smallest absolute Gasteiger partial charge is 0.245 e. The van der Waals surface area contributed by atoms with Crippen LogP contribution < -0.4 is 5.32 Å². The van der Waals surface area contributed by atoms with Crippen molar-refractivity contribution in [3.05, 3.63) is 57.2 Å². The van der Waals surface area contributed by atoms with Crippen molar-refractivity contribution in [1.82, 2.24) is 5.32 Å². The maximum absolute atomic E-state index is 12.1. The maximum Gasteiger partial charge on any atom is 0.245 e. The van der Waals surface area contributed by atoms with E-state index < -0.39 is 0 Å². The Hall–Kier alpha value is -1.30. The molecule has 1 aromatic heterocycles. The van der Waals surface area contributed by atoms with E-state index in [0.29, 0.717) is 17.3 Å². The number of rotatable bonds is 4. The van der Waals surface area contributed by atoms with Crippen molar-refractivity contribution < 1.29 is 4.79 Å². The van der Waals surface area contributed by atoms with Crippen molar-refractivity contribution in [2.75, 3.05) is 5.75 Å². The lowest BCUT2D eigenvalue weighted by molar-refractivity contribution is -0.121. The lowest BCUT2D eigenvalue weighted by Crippen LogP contribution is -2.33. The van der Waals surface area contributed by atoms with Crippen LogP contribution in [-0.4, -0.2) is 22.7 Å². The largest absolute Gasteiger partial charge is 0.350 e. The molecule has 1 aliphatic rings.